The van der Waals surface area contributed by atoms with Gasteiger partial charge in [0.15, 0.2) is 5.82 Å². The van der Waals surface area contributed by atoms with Gasteiger partial charge in [-0.1, -0.05) is 11.2 Å². The van der Waals surface area contributed by atoms with Gasteiger partial charge in [-0.05, 0) is 31.7 Å². The van der Waals surface area contributed by atoms with Crippen molar-refractivity contribution in [1.29, 1.82) is 5.26 Å². The topological polar surface area (TPSA) is 78.4 Å². The molecule has 1 saturated heterocycles. The van der Waals surface area contributed by atoms with Gasteiger partial charge in [0.05, 0.1) is 12.7 Å². The van der Waals surface area contributed by atoms with Crippen LogP contribution in [0.25, 0.3) is 0 Å². The van der Waals surface area contributed by atoms with Gasteiger partial charge in [-0.3, -0.25) is 9.80 Å². The molecular formula is C17H21N5O2. The second-order valence-electron chi connectivity index (χ2n) is 6.06. The summed E-state index contributed by atoms with van der Waals surface area (Å²) in [6, 6.07) is 8.02. The van der Waals surface area contributed by atoms with Crippen molar-refractivity contribution in [1.82, 2.24) is 19.9 Å². The molecule has 1 atom stereocenters. The Hall–Kier alpha value is -2.43. The van der Waals surface area contributed by atoms with E-state index >= 15 is 0 Å². The Labute approximate surface area is 141 Å². The summed E-state index contributed by atoms with van der Waals surface area (Å²) < 4.78 is 10.6. The molecule has 3 rings (SSSR count). The predicted octanol–water partition coefficient (Wildman–Crippen LogP) is 1.75. The van der Waals surface area contributed by atoms with E-state index in [2.05, 4.69) is 33.1 Å². The van der Waals surface area contributed by atoms with Gasteiger partial charge in [0, 0.05) is 26.2 Å². The fraction of sp³-hybridized carbons (Fsp3) is 0.471. The quantitative estimate of drug-likeness (QED) is 0.846. The van der Waals surface area contributed by atoms with E-state index in [1.807, 2.05) is 25.1 Å². The molecule has 1 aliphatic rings. The predicted molar refractivity (Wildman–Crippen MR) is 87.4 cm³/mol. The maximum absolute atomic E-state index is 9.23. The summed E-state index contributed by atoms with van der Waals surface area (Å²) in [5, 5.41) is 13.1. The molecule has 2 heterocycles. The van der Waals surface area contributed by atoms with E-state index in [4.69, 9.17) is 9.26 Å². The number of aryl methyl sites for hydroxylation is 1. The number of methoxy groups -OCH3 is 1. The van der Waals surface area contributed by atoms with Gasteiger partial charge >= 0.3 is 0 Å². The SMILES string of the molecule is COc1ccc(CN2CCN(C)[C@@H](c3nc(C)no3)C2)cc1C#N. The lowest BCUT2D eigenvalue weighted by Gasteiger charge is -2.37. The van der Waals surface area contributed by atoms with Gasteiger partial charge in [0.25, 0.3) is 0 Å². The van der Waals surface area contributed by atoms with Crippen LogP contribution in [-0.4, -0.2) is 53.7 Å². The molecule has 0 aliphatic carbocycles. The van der Waals surface area contributed by atoms with Crippen LogP contribution < -0.4 is 4.74 Å². The van der Waals surface area contributed by atoms with Crippen molar-refractivity contribution in [2.24, 2.45) is 0 Å². The highest BCUT2D eigenvalue weighted by molar-refractivity contribution is 5.45. The van der Waals surface area contributed by atoms with E-state index in [9.17, 15) is 5.26 Å². The monoisotopic (exact) mass is 327 g/mol. The molecule has 0 bridgehead atoms. The Morgan fingerprint density at radius 2 is 2.25 bits per heavy atom. The van der Waals surface area contributed by atoms with Crippen LogP contribution >= 0.6 is 0 Å². The minimum Gasteiger partial charge on any atom is -0.495 e. The molecule has 0 unspecified atom stereocenters. The summed E-state index contributed by atoms with van der Waals surface area (Å²) in [6.07, 6.45) is 0. The third kappa shape index (κ3) is 3.40. The van der Waals surface area contributed by atoms with Crippen LogP contribution in [0.1, 0.15) is 28.9 Å². The summed E-state index contributed by atoms with van der Waals surface area (Å²) >= 11 is 0. The van der Waals surface area contributed by atoms with Crippen molar-refractivity contribution in [3.05, 3.63) is 41.0 Å². The summed E-state index contributed by atoms with van der Waals surface area (Å²) in [5.41, 5.74) is 1.66. The summed E-state index contributed by atoms with van der Waals surface area (Å²) in [4.78, 5) is 8.95. The number of hydrogen-bond acceptors (Lipinski definition) is 7. The van der Waals surface area contributed by atoms with Crippen molar-refractivity contribution >= 4 is 0 Å². The first kappa shape index (κ1) is 16.4. The summed E-state index contributed by atoms with van der Waals surface area (Å²) in [5.74, 6) is 1.93. The Balaban J connectivity index is 1.73. The van der Waals surface area contributed by atoms with Gasteiger partial charge in [0.2, 0.25) is 5.89 Å². The lowest BCUT2D eigenvalue weighted by Crippen LogP contribution is -2.46. The van der Waals surface area contributed by atoms with E-state index in [1.165, 1.54) is 0 Å². The van der Waals surface area contributed by atoms with Gasteiger partial charge in [-0.15, -0.1) is 0 Å². The number of rotatable bonds is 4. The van der Waals surface area contributed by atoms with Crippen molar-refractivity contribution in [3.8, 4) is 11.8 Å². The van der Waals surface area contributed by atoms with Crippen LogP contribution in [-0.2, 0) is 6.54 Å². The molecule has 1 aliphatic heterocycles. The van der Waals surface area contributed by atoms with E-state index < -0.39 is 0 Å². The second kappa shape index (κ2) is 6.99. The van der Waals surface area contributed by atoms with Crippen LogP contribution in [0.2, 0.25) is 0 Å². The van der Waals surface area contributed by atoms with E-state index in [1.54, 1.807) is 7.11 Å². The van der Waals surface area contributed by atoms with Crippen molar-refractivity contribution in [2.75, 3.05) is 33.8 Å². The minimum atomic E-state index is 0.0913. The molecule has 7 heteroatoms. The third-order valence-corrected chi connectivity index (χ3v) is 4.35. The van der Waals surface area contributed by atoms with Gasteiger partial charge in [0.1, 0.15) is 17.9 Å². The van der Waals surface area contributed by atoms with Crippen molar-refractivity contribution < 1.29 is 9.26 Å². The zero-order valence-corrected chi connectivity index (χ0v) is 14.2. The van der Waals surface area contributed by atoms with Crippen molar-refractivity contribution in [3.63, 3.8) is 0 Å². The maximum Gasteiger partial charge on any atom is 0.245 e. The molecule has 0 saturated carbocycles. The van der Waals surface area contributed by atoms with Crippen LogP contribution in [0.15, 0.2) is 22.7 Å². The highest BCUT2D eigenvalue weighted by Crippen LogP contribution is 2.25. The number of ether oxygens (including phenoxy) is 1. The molecule has 0 amide bonds. The Bertz CT molecular complexity index is 752. The number of nitriles is 1. The molecule has 1 aromatic heterocycles. The van der Waals surface area contributed by atoms with Crippen LogP contribution in [0.4, 0.5) is 0 Å². The number of piperazine rings is 1. The molecule has 24 heavy (non-hydrogen) atoms. The zero-order valence-electron chi connectivity index (χ0n) is 14.2. The molecule has 1 aromatic carbocycles. The first-order valence-electron chi connectivity index (χ1n) is 7.90. The maximum atomic E-state index is 9.23. The third-order valence-electron chi connectivity index (χ3n) is 4.35. The van der Waals surface area contributed by atoms with E-state index in [0.717, 1.165) is 31.7 Å². The molecule has 7 nitrogen and oxygen atoms in total. The Morgan fingerprint density at radius 3 is 2.92 bits per heavy atom. The zero-order chi connectivity index (χ0) is 17.1. The number of hydrogen-bond donors (Lipinski definition) is 0. The minimum absolute atomic E-state index is 0.0913. The Morgan fingerprint density at radius 1 is 1.42 bits per heavy atom. The number of benzene rings is 1. The number of nitrogens with zero attached hydrogens (tertiary/aromatic N) is 5. The highest BCUT2D eigenvalue weighted by Gasteiger charge is 2.29. The van der Waals surface area contributed by atoms with Crippen LogP contribution in [0, 0.1) is 18.3 Å². The standard InChI is InChI=1S/C17H21N5O2/c1-12-19-17(24-20-12)15-11-22(7-6-21(15)2)10-13-4-5-16(23-3)14(8-13)9-18/h4-5,8,15H,6-7,10-11H2,1-3H3/t15-/m1/s1. The summed E-state index contributed by atoms with van der Waals surface area (Å²) in [6.45, 7) is 5.29. The van der Waals surface area contributed by atoms with Gasteiger partial charge in [-0.25, -0.2) is 0 Å². The smallest absolute Gasteiger partial charge is 0.245 e. The fourth-order valence-electron chi connectivity index (χ4n) is 2.99. The molecule has 2 aromatic rings. The largest absolute Gasteiger partial charge is 0.495 e. The molecule has 0 N–H and O–H groups in total. The average Bonchev–Trinajstić information content (AvgIpc) is 3.02. The van der Waals surface area contributed by atoms with E-state index in [-0.39, 0.29) is 6.04 Å². The van der Waals surface area contributed by atoms with Crippen LogP contribution in [0.3, 0.4) is 0 Å². The second-order valence-corrected chi connectivity index (χ2v) is 6.06. The van der Waals surface area contributed by atoms with Gasteiger partial charge < -0.3 is 9.26 Å². The normalized spacial score (nSPS) is 19.2. The Kier molecular flexibility index (Phi) is 4.79. The number of aromatic nitrogens is 2. The van der Waals surface area contributed by atoms with Gasteiger partial charge in [-0.2, -0.15) is 10.2 Å². The average molecular weight is 327 g/mol. The molecular weight excluding hydrogens is 306 g/mol. The number of likely N-dealkylation sites (N-methyl/N-ethyl adjacent to an activating group) is 1. The first-order valence-corrected chi connectivity index (χ1v) is 7.90. The van der Waals surface area contributed by atoms with E-state index in [0.29, 0.717) is 23.0 Å². The highest BCUT2D eigenvalue weighted by atomic mass is 16.5. The fourth-order valence-corrected chi connectivity index (χ4v) is 2.99. The molecule has 0 spiro atoms. The first-order chi connectivity index (χ1) is 11.6. The summed E-state index contributed by atoms with van der Waals surface area (Å²) in [7, 11) is 3.65. The molecule has 126 valence electrons. The molecule has 0 radical (unpaired) electrons. The molecule has 1 fully saturated rings. The van der Waals surface area contributed by atoms with Crippen LogP contribution in [0.5, 0.6) is 5.75 Å². The van der Waals surface area contributed by atoms with Crippen molar-refractivity contribution in [2.45, 2.75) is 19.5 Å². The lowest BCUT2D eigenvalue weighted by molar-refractivity contribution is 0.0714. The lowest BCUT2D eigenvalue weighted by atomic mass is 10.1.